The Morgan fingerprint density at radius 2 is 1.95 bits per heavy atom. The fourth-order valence-electron chi connectivity index (χ4n) is 2.02. The molecule has 3 nitrogen and oxygen atoms in total. The topological polar surface area (TPSA) is 59.1 Å². The summed E-state index contributed by atoms with van der Waals surface area (Å²) < 4.78 is 13.8. The predicted octanol–water partition coefficient (Wildman–Crippen LogP) is 2.65. The van der Waals surface area contributed by atoms with Crippen LogP contribution in [0.4, 0.5) is 4.39 Å². The van der Waals surface area contributed by atoms with E-state index in [0.717, 1.165) is 5.56 Å². The van der Waals surface area contributed by atoms with Gasteiger partial charge in [-0.25, -0.2) is 4.39 Å². The van der Waals surface area contributed by atoms with E-state index < -0.39 is 17.8 Å². The lowest BCUT2D eigenvalue weighted by molar-refractivity contribution is 0.143. The predicted molar refractivity (Wildman–Crippen MR) is 72.4 cm³/mol. The summed E-state index contributed by atoms with van der Waals surface area (Å²) >= 11 is 5.84. The van der Waals surface area contributed by atoms with Gasteiger partial charge in [0.1, 0.15) is 5.82 Å². The average molecular weight is 281 g/mol. The number of rotatable bonds is 4. The summed E-state index contributed by atoms with van der Waals surface area (Å²) in [5, 5.41) is 10.7. The molecule has 0 aliphatic carbocycles. The first-order valence-corrected chi connectivity index (χ1v) is 6.24. The minimum absolute atomic E-state index is 0.153. The molecule has 1 heterocycles. The number of aliphatic hydroxyl groups is 1. The van der Waals surface area contributed by atoms with Gasteiger partial charge in [-0.1, -0.05) is 11.6 Å². The van der Waals surface area contributed by atoms with Gasteiger partial charge in [0.05, 0.1) is 6.10 Å². The zero-order valence-corrected chi connectivity index (χ0v) is 10.9. The molecule has 0 spiro atoms. The lowest BCUT2D eigenvalue weighted by Gasteiger charge is -2.22. The maximum absolute atomic E-state index is 13.8. The molecule has 1 aromatic heterocycles. The minimum Gasteiger partial charge on any atom is -0.388 e. The summed E-state index contributed by atoms with van der Waals surface area (Å²) in [4.78, 5) is 3.91. The van der Waals surface area contributed by atoms with Gasteiger partial charge in [0.2, 0.25) is 0 Å². The Labute approximate surface area is 115 Å². The first kappa shape index (κ1) is 13.9. The second-order valence-electron chi connectivity index (χ2n) is 4.23. The number of hydrogen-bond acceptors (Lipinski definition) is 3. The number of aliphatic hydroxyl groups excluding tert-OH is 1. The highest BCUT2D eigenvalue weighted by molar-refractivity contribution is 6.30. The number of halogens is 2. The lowest BCUT2D eigenvalue weighted by Crippen LogP contribution is -2.21. The Morgan fingerprint density at radius 3 is 2.58 bits per heavy atom. The van der Waals surface area contributed by atoms with Gasteiger partial charge in [-0.15, -0.1) is 0 Å². The molecule has 0 radical (unpaired) electrons. The third kappa shape index (κ3) is 3.10. The zero-order valence-electron chi connectivity index (χ0n) is 10.1. The molecule has 0 amide bonds. The quantitative estimate of drug-likeness (QED) is 0.905. The molecule has 100 valence electrons. The number of aromatic nitrogens is 1. The van der Waals surface area contributed by atoms with Gasteiger partial charge < -0.3 is 10.8 Å². The zero-order chi connectivity index (χ0) is 13.8. The second kappa shape index (κ2) is 6.10. The summed E-state index contributed by atoms with van der Waals surface area (Å²) in [6.45, 7) is 0.192. The third-order valence-electron chi connectivity index (χ3n) is 3.05. The smallest absolute Gasteiger partial charge is 0.129 e. The van der Waals surface area contributed by atoms with Crippen molar-refractivity contribution in [2.75, 3.05) is 6.54 Å². The van der Waals surface area contributed by atoms with Gasteiger partial charge >= 0.3 is 0 Å². The Bertz CT molecular complexity index is 550. The molecule has 2 unspecified atom stereocenters. The van der Waals surface area contributed by atoms with Crippen LogP contribution in [0.3, 0.4) is 0 Å². The van der Waals surface area contributed by atoms with E-state index in [0.29, 0.717) is 5.02 Å². The molecular formula is C14H14ClFN2O. The van der Waals surface area contributed by atoms with Crippen molar-refractivity contribution in [1.29, 1.82) is 0 Å². The molecule has 1 aromatic carbocycles. The molecule has 5 heteroatoms. The summed E-state index contributed by atoms with van der Waals surface area (Å²) in [6.07, 6.45) is 2.17. The molecule has 0 aliphatic heterocycles. The van der Waals surface area contributed by atoms with Crippen molar-refractivity contribution in [2.45, 2.75) is 12.0 Å². The molecule has 0 saturated heterocycles. The highest BCUT2D eigenvalue weighted by Gasteiger charge is 2.24. The van der Waals surface area contributed by atoms with Crippen LogP contribution in [0.2, 0.25) is 5.02 Å². The highest BCUT2D eigenvalue weighted by atomic mass is 35.5. The molecule has 0 aliphatic rings. The summed E-state index contributed by atoms with van der Waals surface area (Å²) in [6, 6.07) is 7.61. The summed E-state index contributed by atoms with van der Waals surface area (Å²) in [5.41, 5.74) is 6.66. The number of benzene rings is 1. The third-order valence-corrected chi connectivity index (χ3v) is 3.28. The first-order valence-electron chi connectivity index (χ1n) is 5.86. The van der Waals surface area contributed by atoms with Crippen LogP contribution in [0.5, 0.6) is 0 Å². The number of nitrogens with zero attached hydrogens (tertiary/aromatic N) is 1. The molecule has 0 fully saturated rings. The van der Waals surface area contributed by atoms with Crippen LogP contribution in [0.1, 0.15) is 23.1 Å². The van der Waals surface area contributed by atoms with Crippen LogP contribution in [0.25, 0.3) is 0 Å². The van der Waals surface area contributed by atoms with Gasteiger partial charge in [-0.2, -0.15) is 0 Å². The number of nitrogens with two attached hydrogens (primary N) is 1. The molecule has 2 aromatic rings. The van der Waals surface area contributed by atoms with Gasteiger partial charge in [0.15, 0.2) is 0 Å². The second-order valence-corrected chi connectivity index (χ2v) is 4.67. The maximum Gasteiger partial charge on any atom is 0.129 e. The maximum atomic E-state index is 13.8. The number of hydrogen-bond donors (Lipinski definition) is 2. The highest BCUT2D eigenvalue weighted by Crippen LogP contribution is 2.32. The van der Waals surface area contributed by atoms with Gasteiger partial charge in [-0.05, 0) is 35.9 Å². The Morgan fingerprint density at radius 1 is 1.26 bits per heavy atom. The van der Waals surface area contributed by atoms with Crippen molar-refractivity contribution < 1.29 is 9.50 Å². The molecule has 2 rings (SSSR count). The normalized spacial score (nSPS) is 14.1. The summed E-state index contributed by atoms with van der Waals surface area (Å²) in [7, 11) is 0. The van der Waals surface area contributed by atoms with E-state index in [1.54, 1.807) is 24.5 Å². The van der Waals surface area contributed by atoms with Crippen LogP contribution in [0.15, 0.2) is 42.7 Å². The Hall–Kier alpha value is -1.49. The van der Waals surface area contributed by atoms with Crippen LogP contribution in [-0.4, -0.2) is 16.6 Å². The van der Waals surface area contributed by atoms with Crippen LogP contribution in [0, 0.1) is 5.82 Å². The molecule has 3 N–H and O–H groups in total. The largest absolute Gasteiger partial charge is 0.388 e. The fourth-order valence-corrected chi connectivity index (χ4v) is 2.20. The van der Waals surface area contributed by atoms with E-state index >= 15 is 0 Å². The van der Waals surface area contributed by atoms with E-state index in [2.05, 4.69) is 4.98 Å². The van der Waals surface area contributed by atoms with Crippen molar-refractivity contribution in [2.24, 2.45) is 5.73 Å². The molecule has 2 atom stereocenters. The van der Waals surface area contributed by atoms with E-state index in [1.165, 1.54) is 18.2 Å². The van der Waals surface area contributed by atoms with Gasteiger partial charge in [0.25, 0.3) is 0 Å². The Balaban J connectivity index is 2.36. The Kier molecular flexibility index (Phi) is 4.47. The molecular weight excluding hydrogens is 267 g/mol. The van der Waals surface area contributed by atoms with Crippen molar-refractivity contribution in [3.63, 3.8) is 0 Å². The standard InChI is InChI=1S/C14H14ClFN2O/c15-10-1-2-13(16)11(7-10)14(19)12(8-17)9-3-5-18-6-4-9/h1-7,12,14,19H,8,17H2. The van der Waals surface area contributed by atoms with Crippen LogP contribution in [-0.2, 0) is 0 Å². The minimum atomic E-state index is -1.05. The molecule has 0 bridgehead atoms. The van der Waals surface area contributed by atoms with Crippen molar-refractivity contribution in [1.82, 2.24) is 4.98 Å². The molecule has 0 saturated carbocycles. The first-order chi connectivity index (χ1) is 9.13. The van der Waals surface area contributed by atoms with E-state index in [-0.39, 0.29) is 12.1 Å². The number of pyridine rings is 1. The monoisotopic (exact) mass is 280 g/mol. The van der Waals surface area contributed by atoms with Crippen molar-refractivity contribution in [3.05, 3.63) is 64.7 Å². The van der Waals surface area contributed by atoms with Gasteiger partial charge in [0, 0.05) is 35.4 Å². The molecule has 19 heavy (non-hydrogen) atoms. The van der Waals surface area contributed by atoms with E-state index in [4.69, 9.17) is 17.3 Å². The van der Waals surface area contributed by atoms with E-state index in [1.807, 2.05) is 0 Å². The van der Waals surface area contributed by atoms with Crippen molar-refractivity contribution in [3.8, 4) is 0 Å². The van der Waals surface area contributed by atoms with Crippen molar-refractivity contribution >= 4 is 11.6 Å². The van der Waals surface area contributed by atoms with Gasteiger partial charge in [-0.3, -0.25) is 4.98 Å². The SMILES string of the molecule is NCC(c1ccncc1)C(O)c1cc(Cl)ccc1F. The van der Waals surface area contributed by atoms with E-state index in [9.17, 15) is 9.50 Å². The fraction of sp³-hybridized carbons (Fsp3) is 0.214. The van der Waals surface area contributed by atoms with Crippen LogP contribution >= 0.6 is 11.6 Å². The average Bonchev–Trinajstić information content (AvgIpc) is 2.43. The van der Waals surface area contributed by atoms with Crippen LogP contribution < -0.4 is 5.73 Å². The summed E-state index contributed by atoms with van der Waals surface area (Å²) in [5.74, 6) is -0.902. The lowest BCUT2D eigenvalue weighted by atomic mass is 9.89.